The van der Waals surface area contributed by atoms with Crippen LogP contribution in [0.25, 0.3) is 0 Å². The van der Waals surface area contributed by atoms with E-state index in [1.165, 1.54) is 16.4 Å². The maximum atomic E-state index is 13.2. The van der Waals surface area contributed by atoms with Crippen molar-refractivity contribution in [2.24, 2.45) is 5.92 Å². The zero-order valence-electron chi connectivity index (χ0n) is 20.3. The standard InChI is InChI=1S/C25H33N3O5S/c1-16(2)13-26-24(29)21-9-10-23(17(3)11-21)27-25(30)20-7-6-8-22(12-20)34(31,32)28-14-18(4)33-19(5)15-28/h6-12,16,18-19H,13-15H2,1-5H3,(H,26,29)(H,27,30). The quantitative estimate of drug-likeness (QED) is 0.623. The van der Waals surface area contributed by atoms with Gasteiger partial charge in [-0.2, -0.15) is 4.31 Å². The molecule has 9 heteroatoms. The molecule has 0 aliphatic carbocycles. The van der Waals surface area contributed by atoms with Crippen molar-refractivity contribution in [2.75, 3.05) is 25.0 Å². The van der Waals surface area contributed by atoms with Crippen LogP contribution in [0.5, 0.6) is 0 Å². The number of morpholine rings is 1. The number of aryl methyl sites for hydroxylation is 1. The molecule has 2 aromatic carbocycles. The van der Waals surface area contributed by atoms with Crippen LogP contribution in [-0.2, 0) is 14.8 Å². The maximum Gasteiger partial charge on any atom is 0.255 e. The minimum atomic E-state index is -3.76. The number of hydrogen-bond acceptors (Lipinski definition) is 5. The smallest absolute Gasteiger partial charge is 0.255 e. The normalized spacial score (nSPS) is 19.1. The molecule has 34 heavy (non-hydrogen) atoms. The second kappa shape index (κ2) is 10.7. The lowest BCUT2D eigenvalue weighted by atomic mass is 10.1. The van der Waals surface area contributed by atoms with Gasteiger partial charge in [0.05, 0.1) is 17.1 Å². The molecule has 1 heterocycles. The Bertz CT molecular complexity index is 1150. The molecule has 2 N–H and O–H groups in total. The Labute approximate surface area is 201 Å². The predicted octanol–water partition coefficient (Wildman–Crippen LogP) is 3.43. The minimum Gasteiger partial charge on any atom is -0.373 e. The first-order valence-corrected chi connectivity index (χ1v) is 12.9. The molecule has 2 aromatic rings. The van der Waals surface area contributed by atoms with Gasteiger partial charge < -0.3 is 15.4 Å². The van der Waals surface area contributed by atoms with Crippen LogP contribution in [0.4, 0.5) is 5.69 Å². The summed E-state index contributed by atoms with van der Waals surface area (Å²) >= 11 is 0. The number of rotatable bonds is 7. The highest BCUT2D eigenvalue weighted by Gasteiger charge is 2.32. The molecule has 0 saturated carbocycles. The maximum absolute atomic E-state index is 13.2. The molecule has 1 fully saturated rings. The van der Waals surface area contributed by atoms with E-state index >= 15 is 0 Å². The van der Waals surface area contributed by atoms with Gasteiger partial charge in [-0.3, -0.25) is 9.59 Å². The third-order valence-corrected chi connectivity index (χ3v) is 7.36. The average molecular weight is 488 g/mol. The number of ether oxygens (including phenoxy) is 1. The molecule has 1 saturated heterocycles. The molecule has 0 spiro atoms. The van der Waals surface area contributed by atoms with Crippen molar-refractivity contribution in [2.45, 2.75) is 51.7 Å². The highest BCUT2D eigenvalue weighted by molar-refractivity contribution is 7.89. The van der Waals surface area contributed by atoms with Gasteiger partial charge in [-0.25, -0.2) is 8.42 Å². The summed E-state index contributed by atoms with van der Waals surface area (Å²) in [5.41, 5.74) is 2.02. The van der Waals surface area contributed by atoms with E-state index in [0.717, 1.165) is 5.56 Å². The molecule has 0 aromatic heterocycles. The second-order valence-corrected chi connectivity index (χ2v) is 11.1. The molecular weight excluding hydrogens is 454 g/mol. The number of carbonyl (C=O) groups is 2. The summed E-state index contributed by atoms with van der Waals surface area (Å²) in [7, 11) is -3.76. The van der Waals surface area contributed by atoms with Gasteiger partial charge in [-0.1, -0.05) is 19.9 Å². The van der Waals surface area contributed by atoms with E-state index in [4.69, 9.17) is 4.74 Å². The Hall–Kier alpha value is -2.75. The van der Waals surface area contributed by atoms with E-state index in [1.54, 1.807) is 37.3 Å². The van der Waals surface area contributed by atoms with Crippen LogP contribution in [0.2, 0.25) is 0 Å². The highest BCUT2D eigenvalue weighted by Crippen LogP contribution is 2.23. The van der Waals surface area contributed by atoms with Crippen LogP contribution in [-0.4, -0.2) is 56.4 Å². The summed E-state index contributed by atoms with van der Waals surface area (Å²) < 4.78 is 33.4. The number of nitrogens with one attached hydrogen (secondary N) is 2. The highest BCUT2D eigenvalue weighted by atomic mass is 32.2. The number of sulfonamides is 1. The first-order chi connectivity index (χ1) is 16.0. The molecule has 2 unspecified atom stereocenters. The van der Waals surface area contributed by atoms with Crippen LogP contribution in [0.15, 0.2) is 47.4 Å². The fraction of sp³-hybridized carbons (Fsp3) is 0.440. The van der Waals surface area contributed by atoms with Crippen molar-refractivity contribution >= 4 is 27.5 Å². The second-order valence-electron chi connectivity index (χ2n) is 9.19. The molecule has 184 valence electrons. The molecule has 0 radical (unpaired) electrons. The summed E-state index contributed by atoms with van der Waals surface area (Å²) in [6.07, 6.45) is -0.410. The Morgan fingerprint density at radius 2 is 1.68 bits per heavy atom. The average Bonchev–Trinajstić information content (AvgIpc) is 2.78. The zero-order chi connectivity index (χ0) is 25.0. The lowest BCUT2D eigenvalue weighted by Gasteiger charge is -2.34. The summed E-state index contributed by atoms with van der Waals surface area (Å²) in [6.45, 7) is 10.6. The van der Waals surface area contributed by atoms with Gasteiger partial charge in [0.15, 0.2) is 0 Å². The van der Waals surface area contributed by atoms with Gasteiger partial charge in [-0.15, -0.1) is 0 Å². The van der Waals surface area contributed by atoms with Gasteiger partial charge in [-0.05, 0) is 68.7 Å². The molecule has 1 aliphatic rings. The van der Waals surface area contributed by atoms with Crippen LogP contribution in [0.3, 0.4) is 0 Å². The van der Waals surface area contributed by atoms with E-state index in [1.807, 2.05) is 27.7 Å². The predicted molar refractivity (Wildman–Crippen MR) is 132 cm³/mol. The molecule has 3 rings (SSSR count). The number of anilines is 1. The summed E-state index contributed by atoms with van der Waals surface area (Å²) in [5.74, 6) is -0.251. The lowest BCUT2D eigenvalue weighted by molar-refractivity contribution is -0.0440. The van der Waals surface area contributed by atoms with E-state index in [-0.39, 0.29) is 41.7 Å². The largest absolute Gasteiger partial charge is 0.373 e. The first-order valence-electron chi connectivity index (χ1n) is 11.4. The van der Waals surface area contributed by atoms with Crippen LogP contribution in [0.1, 0.15) is 54.0 Å². The zero-order valence-corrected chi connectivity index (χ0v) is 21.1. The molecule has 1 aliphatic heterocycles. The van der Waals surface area contributed by atoms with E-state index in [0.29, 0.717) is 23.7 Å². The van der Waals surface area contributed by atoms with E-state index in [2.05, 4.69) is 10.6 Å². The number of benzene rings is 2. The van der Waals surface area contributed by atoms with Gasteiger partial charge in [0, 0.05) is 36.4 Å². The van der Waals surface area contributed by atoms with Crippen LogP contribution < -0.4 is 10.6 Å². The van der Waals surface area contributed by atoms with E-state index in [9.17, 15) is 18.0 Å². The van der Waals surface area contributed by atoms with Gasteiger partial charge in [0.25, 0.3) is 11.8 Å². The van der Waals surface area contributed by atoms with Crippen LogP contribution in [0, 0.1) is 12.8 Å². The number of carbonyl (C=O) groups excluding carboxylic acids is 2. The van der Waals surface area contributed by atoms with Gasteiger partial charge >= 0.3 is 0 Å². The summed E-state index contributed by atoms with van der Waals surface area (Å²) in [5, 5.41) is 5.69. The molecule has 8 nitrogen and oxygen atoms in total. The van der Waals surface area contributed by atoms with E-state index < -0.39 is 15.9 Å². The fourth-order valence-electron chi connectivity index (χ4n) is 3.81. The SMILES string of the molecule is Cc1cc(C(=O)NCC(C)C)ccc1NC(=O)c1cccc(S(=O)(=O)N2CC(C)OC(C)C2)c1. The van der Waals surface area contributed by atoms with Crippen molar-refractivity contribution in [1.82, 2.24) is 9.62 Å². The number of amides is 2. The molecule has 0 bridgehead atoms. The minimum absolute atomic E-state index is 0.0651. The van der Waals surface area contributed by atoms with Crippen molar-refractivity contribution in [3.63, 3.8) is 0 Å². The third-order valence-electron chi connectivity index (χ3n) is 5.53. The summed E-state index contributed by atoms with van der Waals surface area (Å²) in [4.78, 5) is 25.3. The molecule has 2 amide bonds. The third kappa shape index (κ3) is 6.22. The Balaban J connectivity index is 1.75. The Morgan fingerprint density at radius 1 is 1.03 bits per heavy atom. The van der Waals surface area contributed by atoms with Crippen molar-refractivity contribution < 1.29 is 22.7 Å². The number of nitrogens with zero attached hydrogens (tertiary/aromatic N) is 1. The number of hydrogen-bond donors (Lipinski definition) is 2. The van der Waals surface area contributed by atoms with Gasteiger partial charge in [0.1, 0.15) is 0 Å². The summed E-state index contributed by atoms with van der Waals surface area (Å²) in [6, 6.07) is 11.1. The van der Waals surface area contributed by atoms with Crippen molar-refractivity contribution in [3.05, 3.63) is 59.2 Å². The fourth-order valence-corrected chi connectivity index (χ4v) is 5.45. The monoisotopic (exact) mass is 487 g/mol. The van der Waals surface area contributed by atoms with Crippen molar-refractivity contribution in [1.29, 1.82) is 0 Å². The van der Waals surface area contributed by atoms with Gasteiger partial charge in [0.2, 0.25) is 10.0 Å². The Kier molecular flexibility index (Phi) is 8.12. The Morgan fingerprint density at radius 3 is 2.29 bits per heavy atom. The topological polar surface area (TPSA) is 105 Å². The lowest BCUT2D eigenvalue weighted by Crippen LogP contribution is -2.48. The molecular formula is C25H33N3O5S. The van der Waals surface area contributed by atoms with Crippen molar-refractivity contribution in [3.8, 4) is 0 Å². The van der Waals surface area contributed by atoms with Crippen LogP contribution >= 0.6 is 0 Å². The molecule has 2 atom stereocenters. The first kappa shape index (κ1) is 25.9.